The Morgan fingerprint density at radius 2 is 1.88 bits per heavy atom. The number of aliphatic imine (C=N–C) groups is 1. The van der Waals surface area contributed by atoms with Crippen molar-refractivity contribution in [2.45, 2.75) is 56.9 Å². The summed E-state index contributed by atoms with van der Waals surface area (Å²) in [4.78, 5) is 15.7. The van der Waals surface area contributed by atoms with Gasteiger partial charge in [0.25, 0.3) is 0 Å². The van der Waals surface area contributed by atoms with E-state index < -0.39 is 34.0 Å². The van der Waals surface area contributed by atoms with Crippen LogP contribution >= 0.6 is 11.8 Å². The molecule has 0 fully saturated rings. The number of amides is 1. The van der Waals surface area contributed by atoms with Crippen LogP contribution in [0.25, 0.3) is 0 Å². The first-order valence-electron chi connectivity index (χ1n) is 13.0. The molecule has 1 amide bonds. The lowest BCUT2D eigenvalue weighted by atomic mass is 9.99. The number of alkyl carbamates (subject to hydrolysis) is 1. The van der Waals surface area contributed by atoms with Crippen molar-refractivity contribution in [3.05, 3.63) is 83.7 Å². The van der Waals surface area contributed by atoms with Gasteiger partial charge in [0.05, 0.1) is 13.2 Å². The van der Waals surface area contributed by atoms with E-state index in [4.69, 9.17) is 14.6 Å². The molecule has 4 rings (SSSR count). The van der Waals surface area contributed by atoms with Gasteiger partial charge in [-0.1, -0.05) is 42.1 Å². The molecule has 2 aliphatic heterocycles. The van der Waals surface area contributed by atoms with E-state index in [1.54, 1.807) is 40.4 Å². The average molecular weight is 573 g/mol. The summed E-state index contributed by atoms with van der Waals surface area (Å²) in [7, 11) is 3.52. The maximum Gasteiger partial charge on any atom is 0.407 e. The van der Waals surface area contributed by atoms with Gasteiger partial charge in [-0.05, 0) is 57.4 Å². The molecule has 8 nitrogen and oxygen atoms in total. The summed E-state index contributed by atoms with van der Waals surface area (Å²) in [5.41, 5.74) is 0.337. The van der Waals surface area contributed by atoms with Crippen molar-refractivity contribution in [2.24, 2.45) is 10.1 Å². The summed E-state index contributed by atoms with van der Waals surface area (Å²) in [5.74, 6) is -2.29. The highest BCUT2D eigenvalue weighted by atomic mass is 32.2. The molecular formula is C29H36F2N5O3S+. The molecule has 2 aromatic carbocycles. The highest BCUT2D eigenvalue weighted by Crippen LogP contribution is 2.55. The second kappa shape index (κ2) is 11.3. The minimum atomic E-state index is -1.15. The lowest BCUT2D eigenvalue weighted by Gasteiger charge is -2.50. The van der Waals surface area contributed by atoms with Crippen LogP contribution in [0, 0.1) is 11.6 Å². The predicted molar refractivity (Wildman–Crippen MR) is 153 cm³/mol. The summed E-state index contributed by atoms with van der Waals surface area (Å²) in [6.45, 7) is 7.64. The van der Waals surface area contributed by atoms with Gasteiger partial charge in [0, 0.05) is 26.1 Å². The number of hydrazone groups is 1. The molecule has 0 spiro atoms. The van der Waals surface area contributed by atoms with Crippen LogP contribution in [0.5, 0.6) is 0 Å². The van der Waals surface area contributed by atoms with Crippen LogP contribution in [-0.2, 0) is 14.3 Å². The third-order valence-corrected chi connectivity index (χ3v) is 8.43. The smallest absolute Gasteiger partial charge is 0.407 e. The number of rotatable bonds is 9. The van der Waals surface area contributed by atoms with Crippen LogP contribution in [0.15, 0.2) is 71.0 Å². The van der Waals surface area contributed by atoms with E-state index in [1.807, 2.05) is 55.5 Å². The first kappa shape index (κ1) is 29.7. The third kappa shape index (κ3) is 5.77. The second-order valence-electron chi connectivity index (χ2n) is 11.0. The van der Waals surface area contributed by atoms with Crippen molar-refractivity contribution >= 4 is 29.2 Å². The zero-order valence-electron chi connectivity index (χ0n) is 23.6. The van der Waals surface area contributed by atoms with Gasteiger partial charge < -0.3 is 14.8 Å². The number of nitrogens with zero attached hydrogens (tertiary/aromatic N) is 4. The summed E-state index contributed by atoms with van der Waals surface area (Å²) in [6, 6.07) is 13.1. The molecule has 2 aliphatic rings. The van der Waals surface area contributed by atoms with Gasteiger partial charge in [0.2, 0.25) is 0 Å². The molecule has 0 saturated carbocycles. The molecule has 2 aromatic rings. The number of hydrogen-bond acceptors (Lipinski definition) is 7. The Kier molecular flexibility index (Phi) is 8.39. The fourth-order valence-electron chi connectivity index (χ4n) is 4.73. The van der Waals surface area contributed by atoms with Gasteiger partial charge in [-0.3, -0.25) is 0 Å². The van der Waals surface area contributed by atoms with Crippen molar-refractivity contribution in [1.29, 1.82) is 0 Å². The van der Waals surface area contributed by atoms with Crippen molar-refractivity contribution in [3.8, 4) is 0 Å². The Balaban J connectivity index is 1.78. The molecule has 11 heteroatoms. The molecular weight excluding hydrogens is 536 g/mol. The SMILES string of the molecule is COC(C)(N1N=C(c2cc(F)ccc2F)SC1(CCCNC(=O)OC(C)(C)C)c1ccccc1)[N+]1(C)C=CN=C1. The first-order valence-corrected chi connectivity index (χ1v) is 13.8. The Labute approximate surface area is 238 Å². The number of carbonyl (C=O) groups excluding carboxylic acids is 1. The fourth-order valence-corrected chi connectivity index (χ4v) is 6.24. The molecule has 0 aliphatic carbocycles. The number of thioether (sulfide) groups is 1. The summed E-state index contributed by atoms with van der Waals surface area (Å²) < 4.78 is 41.1. The predicted octanol–water partition coefficient (Wildman–Crippen LogP) is 6.11. The number of halogens is 2. The Bertz CT molecular complexity index is 1320. The third-order valence-electron chi connectivity index (χ3n) is 6.99. The van der Waals surface area contributed by atoms with Crippen LogP contribution in [0.2, 0.25) is 0 Å². The highest BCUT2D eigenvalue weighted by Gasteiger charge is 2.61. The van der Waals surface area contributed by atoms with E-state index in [-0.39, 0.29) is 10.0 Å². The summed E-state index contributed by atoms with van der Waals surface area (Å²) in [5, 5.41) is 9.91. The molecule has 214 valence electrons. The number of nitrogens with one attached hydrogen (secondary N) is 1. The molecule has 0 bridgehead atoms. The van der Waals surface area contributed by atoms with Crippen LogP contribution in [0.3, 0.4) is 0 Å². The zero-order chi connectivity index (χ0) is 29.2. The number of benzene rings is 2. The van der Waals surface area contributed by atoms with E-state index in [9.17, 15) is 9.18 Å². The Morgan fingerprint density at radius 3 is 2.50 bits per heavy atom. The van der Waals surface area contributed by atoms with Crippen molar-refractivity contribution in [1.82, 2.24) is 10.3 Å². The molecule has 0 aromatic heterocycles. The lowest BCUT2D eigenvalue weighted by Crippen LogP contribution is -2.67. The van der Waals surface area contributed by atoms with E-state index >= 15 is 4.39 Å². The first-order chi connectivity index (χ1) is 18.8. The van der Waals surface area contributed by atoms with Crippen molar-refractivity contribution in [2.75, 3.05) is 20.7 Å². The van der Waals surface area contributed by atoms with Crippen molar-refractivity contribution in [3.63, 3.8) is 0 Å². The van der Waals surface area contributed by atoms with Gasteiger partial charge in [0.15, 0.2) is 6.34 Å². The quantitative estimate of drug-likeness (QED) is 0.290. The molecule has 0 saturated heterocycles. The second-order valence-corrected chi connectivity index (χ2v) is 12.2. The number of hydrogen-bond donors (Lipinski definition) is 1. The Hall–Kier alpha value is -3.28. The van der Waals surface area contributed by atoms with Crippen molar-refractivity contribution < 1.29 is 27.5 Å². The monoisotopic (exact) mass is 572 g/mol. The van der Waals surface area contributed by atoms with Gasteiger partial charge in [-0.2, -0.15) is 10.1 Å². The molecule has 3 unspecified atom stereocenters. The molecule has 2 heterocycles. The summed E-state index contributed by atoms with van der Waals surface area (Å²) >= 11 is 1.33. The molecule has 3 atom stereocenters. The minimum absolute atomic E-state index is 0.0615. The zero-order valence-corrected chi connectivity index (χ0v) is 24.5. The van der Waals surface area contributed by atoms with Gasteiger partial charge >= 0.3 is 11.9 Å². The van der Waals surface area contributed by atoms with Crippen LogP contribution in [0.1, 0.15) is 51.7 Å². The average Bonchev–Trinajstić information content (AvgIpc) is 3.53. The lowest BCUT2D eigenvalue weighted by molar-refractivity contribution is -0.871. The van der Waals surface area contributed by atoms with E-state index in [0.29, 0.717) is 24.4 Å². The topological polar surface area (TPSA) is 75.5 Å². The van der Waals surface area contributed by atoms with E-state index in [2.05, 4.69) is 10.3 Å². The van der Waals surface area contributed by atoms with Gasteiger partial charge in [0.1, 0.15) is 33.4 Å². The Morgan fingerprint density at radius 1 is 1.15 bits per heavy atom. The maximum atomic E-state index is 15.1. The molecule has 0 radical (unpaired) electrons. The van der Waals surface area contributed by atoms with E-state index in [1.165, 1.54) is 11.8 Å². The maximum absolute atomic E-state index is 15.1. The van der Waals surface area contributed by atoms with E-state index in [0.717, 1.165) is 23.8 Å². The normalized spacial score (nSPS) is 23.7. The summed E-state index contributed by atoms with van der Waals surface area (Å²) in [6.07, 6.45) is 5.80. The fraction of sp³-hybridized carbons (Fsp3) is 0.414. The van der Waals surface area contributed by atoms with Crippen LogP contribution in [-0.4, -0.2) is 59.1 Å². The standard InChI is InChI=1S/C29H35F2N5O3S/c1-27(2,3)39-26(37)33-16-10-15-29(21-11-8-7-9-12-21)35(28(4,38-6)36(5)18-17-32-20-36)34-25(40-29)23-19-22(30)13-14-24(23)31/h7-9,11-14,17-20H,10,15-16H2,1-6H3/p+1. The molecule has 1 N–H and O–H groups in total. The van der Waals surface area contributed by atoms with Crippen LogP contribution in [0.4, 0.5) is 13.6 Å². The van der Waals surface area contributed by atoms with Gasteiger partial charge in [-0.25, -0.2) is 23.1 Å². The van der Waals surface area contributed by atoms with Crippen LogP contribution < -0.4 is 5.32 Å². The highest BCUT2D eigenvalue weighted by molar-refractivity contribution is 8.15. The number of carbonyl (C=O) groups is 1. The number of ether oxygens (including phenoxy) is 2. The largest absolute Gasteiger partial charge is 0.444 e. The van der Waals surface area contributed by atoms with Gasteiger partial charge in [-0.15, -0.1) is 0 Å². The minimum Gasteiger partial charge on any atom is -0.444 e. The number of methoxy groups -OCH3 is 1. The molecule has 40 heavy (non-hydrogen) atoms. The number of quaternary nitrogens is 1.